The number of rotatable bonds is 5. The van der Waals surface area contributed by atoms with Crippen molar-refractivity contribution >= 4 is 11.8 Å². The highest BCUT2D eigenvalue weighted by Crippen LogP contribution is 2.29. The molecule has 19 heavy (non-hydrogen) atoms. The maximum absolute atomic E-state index is 14.0. The summed E-state index contributed by atoms with van der Waals surface area (Å²) in [4.78, 5) is 13.1. The van der Waals surface area contributed by atoms with E-state index in [1.807, 2.05) is 6.92 Å². The minimum absolute atomic E-state index is 0.0844. The largest absolute Gasteiger partial charge is 0.449 e. The van der Waals surface area contributed by atoms with Crippen LogP contribution in [0.5, 0.6) is 0 Å². The van der Waals surface area contributed by atoms with E-state index < -0.39 is 18.0 Å². The molecule has 0 bridgehead atoms. The number of ether oxygens (including phenoxy) is 1. The lowest BCUT2D eigenvalue weighted by Crippen LogP contribution is -2.33. The zero-order valence-corrected chi connectivity index (χ0v) is 11.5. The van der Waals surface area contributed by atoms with Gasteiger partial charge in [-0.2, -0.15) is 0 Å². The number of carbonyl (C=O) groups excluding carboxylic acids is 1. The first-order valence-corrected chi connectivity index (χ1v) is 6.43. The molecule has 0 spiro atoms. The number of aliphatic hydroxyl groups excluding tert-OH is 1. The molecule has 0 saturated heterocycles. The van der Waals surface area contributed by atoms with Gasteiger partial charge in [0, 0.05) is 12.1 Å². The number of aliphatic hydroxyl groups is 1. The van der Waals surface area contributed by atoms with Crippen molar-refractivity contribution in [3.63, 3.8) is 0 Å². The van der Waals surface area contributed by atoms with Gasteiger partial charge in [-0.1, -0.05) is 19.1 Å². The number of amides is 1. The number of anilines is 1. The second kappa shape index (κ2) is 7.09. The molecule has 0 fully saturated rings. The molecule has 0 aliphatic rings. The Morgan fingerprint density at radius 2 is 2.16 bits per heavy atom. The van der Waals surface area contributed by atoms with Gasteiger partial charge in [0.25, 0.3) is 0 Å². The summed E-state index contributed by atoms with van der Waals surface area (Å²) in [6.07, 6.45) is -0.765. The van der Waals surface area contributed by atoms with E-state index in [0.29, 0.717) is 12.0 Å². The fraction of sp³-hybridized carbons (Fsp3) is 0.500. The van der Waals surface area contributed by atoms with Crippen molar-refractivity contribution in [2.24, 2.45) is 0 Å². The Morgan fingerprint density at radius 1 is 1.47 bits per heavy atom. The van der Waals surface area contributed by atoms with Crippen molar-refractivity contribution in [1.29, 1.82) is 0 Å². The number of hydrogen-bond donors (Lipinski definition) is 1. The van der Waals surface area contributed by atoms with Crippen molar-refractivity contribution in [1.82, 2.24) is 0 Å². The highest BCUT2D eigenvalue weighted by Gasteiger charge is 2.23. The number of halogens is 1. The first kappa shape index (κ1) is 15.4. The van der Waals surface area contributed by atoms with Crippen LogP contribution in [-0.2, 0) is 4.74 Å². The van der Waals surface area contributed by atoms with Crippen molar-refractivity contribution in [3.05, 3.63) is 29.6 Å². The Balaban J connectivity index is 3.13. The molecule has 0 radical (unpaired) electrons. The monoisotopic (exact) mass is 269 g/mol. The summed E-state index contributed by atoms with van der Waals surface area (Å²) in [5.41, 5.74) is 0.455. The number of para-hydroxylation sites is 1. The highest BCUT2D eigenvalue weighted by molar-refractivity contribution is 5.88. The van der Waals surface area contributed by atoms with Crippen LogP contribution in [-0.4, -0.2) is 24.4 Å². The fourth-order valence-corrected chi connectivity index (χ4v) is 1.80. The summed E-state index contributed by atoms with van der Waals surface area (Å²) in [7, 11) is 0. The van der Waals surface area contributed by atoms with Gasteiger partial charge in [0.2, 0.25) is 0 Å². The Kier molecular flexibility index (Phi) is 5.76. The van der Waals surface area contributed by atoms with Gasteiger partial charge < -0.3 is 9.84 Å². The maximum atomic E-state index is 14.0. The number of carbonyl (C=O) groups is 1. The van der Waals surface area contributed by atoms with Gasteiger partial charge in [0.05, 0.1) is 18.4 Å². The Morgan fingerprint density at radius 3 is 2.68 bits per heavy atom. The summed E-state index contributed by atoms with van der Waals surface area (Å²) in [5, 5.41) is 9.69. The molecule has 1 N–H and O–H groups in total. The van der Waals surface area contributed by atoms with Crippen molar-refractivity contribution in [3.8, 4) is 0 Å². The van der Waals surface area contributed by atoms with Crippen LogP contribution in [0, 0.1) is 5.82 Å². The number of nitrogens with zero attached hydrogens (tertiary/aromatic N) is 1. The number of benzene rings is 1. The predicted octanol–water partition coefficient (Wildman–Crippen LogP) is 3.25. The van der Waals surface area contributed by atoms with Crippen molar-refractivity contribution in [2.75, 3.05) is 18.1 Å². The van der Waals surface area contributed by atoms with E-state index in [9.17, 15) is 14.3 Å². The fourth-order valence-electron chi connectivity index (χ4n) is 1.80. The molecule has 0 heterocycles. The highest BCUT2D eigenvalue weighted by atomic mass is 19.1. The average molecular weight is 269 g/mol. The van der Waals surface area contributed by atoms with Crippen LogP contribution in [0.2, 0.25) is 0 Å². The number of hydrogen-bond acceptors (Lipinski definition) is 3. The van der Waals surface area contributed by atoms with E-state index in [4.69, 9.17) is 4.74 Å². The van der Waals surface area contributed by atoms with Gasteiger partial charge in [-0.05, 0) is 26.3 Å². The molecule has 1 atom stereocenters. The lowest BCUT2D eigenvalue weighted by atomic mass is 10.1. The molecule has 0 aliphatic carbocycles. The third-order valence-corrected chi connectivity index (χ3v) is 2.70. The van der Waals surface area contributed by atoms with Gasteiger partial charge in [-0.25, -0.2) is 9.18 Å². The first-order valence-electron chi connectivity index (χ1n) is 6.43. The molecule has 5 heteroatoms. The lowest BCUT2D eigenvalue weighted by molar-refractivity contribution is 0.153. The smallest absolute Gasteiger partial charge is 0.414 e. The third kappa shape index (κ3) is 3.67. The Hall–Kier alpha value is -1.62. The van der Waals surface area contributed by atoms with Gasteiger partial charge >= 0.3 is 6.09 Å². The van der Waals surface area contributed by atoms with Gasteiger partial charge in [0.1, 0.15) is 5.82 Å². The summed E-state index contributed by atoms with van der Waals surface area (Å²) in [6.45, 7) is 5.69. The standard InChI is InChI=1S/C14H20FNO3/c1-4-9-19-14(18)16(5-2)13-11(10(3)17)7-6-8-12(13)15/h6-8,10,17H,4-5,9H2,1-3H3. The van der Waals surface area contributed by atoms with E-state index in [1.165, 1.54) is 24.0 Å². The molecule has 106 valence electrons. The first-order chi connectivity index (χ1) is 9.02. The zero-order valence-electron chi connectivity index (χ0n) is 11.5. The second-order valence-corrected chi connectivity index (χ2v) is 4.21. The van der Waals surface area contributed by atoms with E-state index in [2.05, 4.69) is 0 Å². The Labute approximate surface area is 112 Å². The molecule has 1 aromatic rings. The maximum Gasteiger partial charge on any atom is 0.414 e. The molecular weight excluding hydrogens is 249 g/mol. The van der Waals surface area contributed by atoms with Gasteiger partial charge in [-0.3, -0.25) is 4.90 Å². The van der Waals surface area contributed by atoms with Crippen molar-refractivity contribution < 1.29 is 19.0 Å². The Bertz CT molecular complexity index is 435. The second-order valence-electron chi connectivity index (χ2n) is 4.21. The summed E-state index contributed by atoms with van der Waals surface area (Å²) < 4.78 is 19.0. The topological polar surface area (TPSA) is 49.8 Å². The van der Waals surface area contributed by atoms with Crippen LogP contribution in [0.15, 0.2) is 18.2 Å². The third-order valence-electron chi connectivity index (χ3n) is 2.70. The molecule has 0 aliphatic heterocycles. The minimum atomic E-state index is -0.862. The van der Waals surface area contributed by atoms with E-state index >= 15 is 0 Å². The van der Waals surface area contributed by atoms with Crippen molar-refractivity contribution in [2.45, 2.75) is 33.3 Å². The SMILES string of the molecule is CCCOC(=O)N(CC)c1c(F)cccc1C(C)O. The molecule has 1 rings (SSSR count). The molecule has 1 amide bonds. The zero-order chi connectivity index (χ0) is 14.4. The molecule has 0 saturated carbocycles. The normalized spacial score (nSPS) is 12.1. The average Bonchev–Trinajstić information content (AvgIpc) is 2.38. The molecule has 1 aromatic carbocycles. The van der Waals surface area contributed by atoms with Gasteiger partial charge in [0.15, 0.2) is 0 Å². The van der Waals surface area contributed by atoms with Crippen LogP contribution in [0.25, 0.3) is 0 Å². The van der Waals surface area contributed by atoms with E-state index in [1.54, 1.807) is 13.0 Å². The van der Waals surface area contributed by atoms with Crippen LogP contribution in [0.1, 0.15) is 38.9 Å². The van der Waals surface area contributed by atoms with Gasteiger partial charge in [-0.15, -0.1) is 0 Å². The summed E-state index contributed by atoms with van der Waals surface area (Å²) in [6, 6.07) is 4.36. The lowest BCUT2D eigenvalue weighted by Gasteiger charge is -2.24. The molecule has 0 aromatic heterocycles. The molecule has 1 unspecified atom stereocenters. The van der Waals surface area contributed by atoms with E-state index in [0.717, 1.165) is 0 Å². The molecular formula is C14H20FNO3. The van der Waals surface area contributed by atoms with Crippen LogP contribution < -0.4 is 4.90 Å². The summed E-state index contributed by atoms with van der Waals surface area (Å²) in [5.74, 6) is -0.548. The van der Waals surface area contributed by atoms with E-state index in [-0.39, 0.29) is 18.8 Å². The van der Waals surface area contributed by atoms with Crippen LogP contribution >= 0.6 is 0 Å². The molecule has 4 nitrogen and oxygen atoms in total. The minimum Gasteiger partial charge on any atom is -0.449 e. The predicted molar refractivity (Wildman–Crippen MR) is 71.7 cm³/mol. The quantitative estimate of drug-likeness (QED) is 0.892. The van der Waals surface area contributed by atoms with Crippen LogP contribution in [0.3, 0.4) is 0 Å². The van der Waals surface area contributed by atoms with Crippen LogP contribution in [0.4, 0.5) is 14.9 Å². The summed E-state index contributed by atoms with van der Waals surface area (Å²) >= 11 is 0.